The van der Waals surface area contributed by atoms with Gasteiger partial charge >= 0.3 is 0 Å². The summed E-state index contributed by atoms with van der Waals surface area (Å²) in [7, 11) is 3.67. The molecule has 0 aliphatic heterocycles. The molecule has 0 aliphatic carbocycles. The highest BCUT2D eigenvalue weighted by atomic mass is 32.2. The molecule has 1 heterocycles. The third kappa shape index (κ3) is 3.22. The third-order valence-electron chi connectivity index (χ3n) is 2.47. The highest BCUT2D eigenvalue weighted by molar-refractivity contribution is 7.99. The molecule has 0 amide bonds. The lowest BCUT2D eigenvalue weighted by atomic mass is 9.98. The molecule has 1 rings (SSSR count). The summed E-state index contributed by atoms with van der Waals surface area (Å²) in [5.74, 6) is 0. The van der Waals surface area contributed by atoms with Crippen molar-refractivity contribution < 1.29 is 0 Å². The van der Waals surface area contributed by atoms with E-state index in [9.17, 15) is 0 Å². The van der Waals surface area contributed by atoms with Gasteiger partial charge in [0.1, 0.15) is 11.9 Å². The van der Waals surface area contributed by atoms with Crippen LogP contribution in [0.5, 0.6) is 0 Å². The van der Waals surface area contributed by atoms with Crippen molar-refractivity contribution in [2.75, 3.05) is 7.05 Å². The fraction of sp³-hybridized carbons (Fsp3) is 0.700. The Balaban J connectivity index is 2.58. The Bertz CT molecular complexity index is 383. The zero-order valence-electron chi connectivity index (χ0n) is 10.1. The minimum atomic E-state index is -0.481. The van der Waals surface area contributed by atoms with Crippen molar-refractivity contribution in [2.24, 2.45) is 7.05 Å². The van der Waals surface area contributed by atoms with Crippen LogP contribution < -0.4 is 5.32 Å². The normalized spacial score (nSPS) is 16.4. The molecule has 0 bridgehead atoms. The topological polar surface area (TPSA) is 66.5 Å². The van der Waals surface area contributed by atoms with Crippen LogP contribution in [0.4, 0.5) is 0 Å². The lowest BCUT2D eigenvalue weighted by Gasteiger charge is -2.23. The van der Waals surface area contributed by atoms with Gasteiger partial charge in [0.15, 0.2) is 5.16 Å². The largest absolute Gasteiger partial charge is 0.303 e. The molecule has 0 radical (unpaired) electrons. The first-order valence-corrected chi connectivity index (χ1v) is 5.99. The van der Waals surface area contributed by atoms with Crippen molar-refractivity contribution >= 4 is 11.8 Å². The van der Waals surface area contributed by atoms with E-state index in [0.29, 0.717) is 5.25 Å². The number of aromatic nitrogens is 3. The minimum absolute atomic E-state index is 0.306. The van der Waals surface area contributed by atoms with E-state index in [1.165, 1.54) is 6.33 Å². The van der Waals surface area contributed by atoms with Crippen molar-refractivity contribution in [1.29, 1.82) is 5.26 Å². The van der Waals surface area contributed by atoms with Crippen molar-refractivity contribution in [1.82, 2.24) is 20.1 Å². The maximum absolute atomic E-state index is 9.06. The summed E-state index contributed by atoms with van der Waals surface area (Å²) in [6, 6.07) is 2.29. The van der Waals surface area contributed by atoms with Gasteiger partial charge in [0.25, 0.3) is 0 Å². The first kappa shape index (κ1) is 13.0. The number of nitrogens with zero attached hydrogens (tertiary/aromatic N) is 4. The molecule has 5 nitrogen and oxygen atoms in total. The van der Waals surface area contributed by atoms with E-state index in [4.69, 9.17) is 5.26 Å². The third-order valence-corrected chi connectivity index (χ3v) is 3.62. The molecule has 0 spiro atoms. The van der Waals surface area contributed by atoms with Gasteiger partial charge in [-0.1, -0.05) is 18.7 Å². The van der Waals surface area contributed by atoms with Gasteiger partial charge in [-0.3, -0.25) is 0 Å². The molecule has 0 saturated carbocycles. The summed E-state index contributed by atoms with van der Waals surface area (Å²) in [5, 5.41) is 17.3. The highest BCUT2D eigenvalue weighted by Gasteiger charge is 2.25. The molecular formula is C10H17N5S. The first-order chi connectivity index (χ1) is 7.50. The molecule has 1 aromatic heterocycles. The average Bonchev–Trinajstić information content (AvgIpc) is 2.64. The van der Waals surface area contributed by atoms with Crippen LogP contribution in [0, 0.1) is 11.3 Å². The van der Waals surface area contributed by atoms with E-state index < -0.39 is 5.54 Å². The van der Waals surface area contributed by atoms with E-state index in [-0.39, 0.29) is 0 Å². The zero-order chi connectivity index (χ0) is 12.2. The number of nitriles is 1. The van der Waals surface area contributed by atoms with Gasteiger partial charge in [0.2, 0.25) is 0 Å². The van der Waals surface area contributed by atoms with Crippen LogP contribution in [0.2, 0.25) is 0 Å². The van der Waals surface area contributed by atoms with Crippen LogP contribution >= 0.6 is 11.8 Å². The second-order valence-electron chi connectivity index (χ2n) is 3.99. The van der Waals surface area contributed by atoms with Crippen molar-refractivity contribution in [2.45, 2.75) is 36.2 Å². The number of rotatable bonds is 5. The molecule has 0 fully saturated rings. The maximum atomic E-state index is 9.06. The van der Waals surface area contributed by atoms with Crippen molar-refractivity contribution in [3.63, 3.8) is 0 Å². The second-order valence-corrected chi connectivity index (χ2v) is 5.40. The quantitative estimate of drug-likeness (QED) is 0.782. The average molecular weight is 239 g/mol. The number of aryl methyl sites for hydroxylation is 1. The Morgan fingerprint density at radius 1 is 1.75 bits per heavy atom. The molecule has 0 aromatic carbocycles. The summed E-state index contributed by atoms with van der Waals surface area (Å²) < 4.78 is 1.74. The van der Waals surface area contributed by atoms with Crippen LogP contribution in [-0.4, -0.2) is 32.6 Å². The van der Waals surface area contributed by atoms with Gasteiger partial charge in [-0.05, 0) is 20.4 Å². The maximum Gasteiger partial charge on any atom is 0.186 e. The number of hydrogen-bond donors (Lipinski definition) is 1. The Morgan fingerprint density at radius 3 is 2.88 bits per heavy atom. The molecule has 2 atom stereocenters. The molecule has 0 aliphatic rings. The van der Waals surface area contributed by atoms with Crippen molar-refractivity contribution in [3.05, 3.63) is 6.33 Å². The molecule has 1 aromatic rings. The van der Waals surface area contributed by atoms with E-state index in [0.717, 1.165) is 11.6 Å². The van der Waals surface area contributed by atoms with Crippen LogP contribution in [0.25, 0.3) is 0 Å². The Morgan fingerprint density at radius 2 is 2.44 bits per heavy atom. The predicted molar refractivity (Wildman–Crippen MR) is 64.0 cm³/mol. The molecule has 0 saturated heterocycles. The van der Waals surface area contributed by atoms with Crippen LogP contribution in [-0.2, 0) is 7.05 Å². The fourth-order valence-electron chi connectivity index (χ4n) is 1.39. The van der Waals surface area contributed by atoms with Gasteiger partial charge in [-0.25, -0.2) is 9.67 Å². The molecule has 1 N–H and O–H groups in total. The predicted octanol–water partition coefficient (Wildman–Crippen LogP) is 1.19. The van der Waals surface area contributed by atoms with Gasteiger partial charge < -0.3 is 5.32 Å². The van der Waals surface area contributed by atoms with Gasteiger partial charge in [0, 0.05) is 12.3 Å². The van der Waals surface area contributed by atoms with E-state index >= 15 is 0 Å². The van der Waals surface area contributed by atoms with E-state index in [1.54, 1.807) is 16.4 Å². The molecule has 6 heteroatoms. The van der Waals surface area contributed by atoms with Crippen LogP contribution in [0.15, 0.2) is 11.5 Å². The fourth-order valence-corrected chi connectivity index (χ4v) is 2.48. The van der Waals surface area contributed by atoms with Crippen LogP contribution in [0.1, 0.15) is 20.3 Å². The molecule has 88 valence electrons. The standard InChI is InChI=1S/C10H17N5S/c1-8(5-10(2,6-11)12-3)16-9-13-7-14-15(9)4/h7-8,12H,5H2,1-4H3. The van der Waals surface area contributed by atoms with Crippen molar-refractivity contribution in [3.8, 4) is 6.07 Å². The highest BCUT2D eigenvalue weighted by Crippen LogP contribution is 2.26. The molecule has 16 heavy (non-hydrogen) atoms. The summed E-state index contributed by atoms with van der Waals surface area (Å²) in [6.45, 7) is 3.99. The summed E-state index contributed by atoms with van der Waals surface area (Å²) in [6.07, 6.45) is 2.30. The Kier molecular flexibility index (Phi) is 4.33. The number of nitrogens with one attached hydrogen (secondary N) is 1. The van der Waals surface area contributed by atoms with Crippen LogP contribution in [0.3, 0.4) is 0 Å². The lowest BCUT2D eigenvalue weighted by Crippen LogP contribution is -2.40. The Hall–Kier alpha value is -1.06. The molecule has 2 unspecified atom stereocenters. The summed E-state index contributed by atoms with van der Waals surface area (Å²) in [4.78, 5) is 4.15. The lowest BCUT2D eigenvalue weighted by molar-refractivity contribution is 0.454. The number of thioether (sulfide) groups is 1. The van der Waals surface area contributed by atoms with Gasteiger partial charge in [-0.2, -0.15) is 10.4 Å². The van der Waals surface area contributed by atoms with E-state index in [2.05, 4.69) is 28.4 Å². The first-order valence-electron chi connectivity index (χ1n) is 5.11. The van der Waals surface area contributed by atoms with Gasteiger partial charge in [0.05, 0.1) is 6.07 Å². The van der Waals surface area contributed by atoms with Gasteiger partial charge in [-0.15, -0.1) is 0 Å². The molecular weight excluding hydrogens is 222 g/mol. The van der Waals surface area contributed by atoms with E-state index in [1.807, 2.05) is 21.0 Å². The summed E-state index contributed by atoms with van der Waals surface area (Å²) in [5.41, 5.74) is -0.481. The smallest absolute Gasteiger partial charge is 0.186 e. The minimum Gasteiger partial charge on any atom is -0.303 e. The SMILES string of the molecule is CNC(C)(C#N)CC(C)Sc1ncnn1C. The Labute approximate surface area is 100 Å². The number of hydrogen-bond acceptors (Lipinski definition) is 5. The zero-order valence-corrected chi connectivity index (χ0v) is 10.9. The summed E-state index contributed by atoms with van der Waals surface area (Å²) >= 11 is 1.63. The second kappa shape index (κ2) is 5.32. The monoisotopic (exact) mass is 239 g/mol.